The van der Waals surface area contributed by atoms with Gasteiger partial charge in [-0.15, -0.1) is 0 Å². The normalized spacial score (nSPS) is 10.9. The summed E-state index contributed by atoms with van der Waals surface area (Å²) in [6.45, 7) is 0. The van der Waals surface area contributed by atoms with Gasteiger partial charge in [-0.25, -0.2) is 13.4 Å². The number of anilines is 2. The van der Waals surface area contributed by atoms with Crippen molar-refractivity contribution in [3.05, 3.63) is 78.5 Å². The van der Waals surface area contributed by atoms with Crippen molar-refractivity contribution in [1.82, 2.24) is 4.98 Å². The highest BCUT2D eigenvalue weighted by molar-refractivity contribution is 7.92. The van der Waals surface area contributed by atoms with Crippen molar-refractivity contribution in [2.45, 2.75) is 4.90 Å². The second-order valence-corrected chi connectivity index (χ2v) is 7.21. The predicted molar refractivity (Wildman–Crippen MR) is 102 cm³/mol. The molecular formula is C19H17N3O4S. The topological polar surface area (TPSA) is 97.4 Å². The van der Waals surface area contributed by atoms with Gasteiger partial charge in [-0.3, -0.25) is 9.52 Å². The van der Waals surface area contributed by atoms with Crippen LogP contribution in [-0.2, 0) is 10.0 Å². The molecule has 0 saturated carbocycles. The molecule has 0 aliphatic carbocycles. The fourth-order valence-electron chi connectivity index (χ4n) is 2.28. The lowest BCUT2D eigenvalue weighted by Crippen LogP contribution is -2.14. The van der Waals surface area contributed by atoms with Crippen molar-refractivity contribution in [1.29, 1.82) is 0 Å². The number of carbonyl (C=O) groups is 1. The smallest absolute Gasteiger partial charge is 0.263 e. The molecule has 3 rings (SSSR count). The molecule has 0 fully saturated rings. The van der Waals surface area contributed by atoms with Gasteiger partial charge in [0.1, 0.15) is 11.6 Å². The van der Waals surface area contributed by atoms with E-state index in [-0.39, 0.29) is 16.6 Å². The number of carbonyl (C=O) groups excluding carboxylic acids is 1. The average molecular weight is 383 g/mol. The fourth-order valence-corrected chi connectivity index (χ4v) is 3.29. The Morgan fingerprint density at radius 1 is 0.963 bits per heavy atom. The number of rotatable bonds is 6. The van der Waals surface area contributed by atoms with Crippen molar-refractivity contribution in [2.24, 2.45) is 0 Å². The standard InChI is InChI=1S/C19H17N3O4S/c1-26-16-9-5-14(6-10-16)19(23)21-15-7-11-17(12-8-15)27(24,25)22-18-4-2-3-13-20-18/h2-13H,1H3,(H,20,22)(H,21,23). The molecule has 0 aliphatic rings. The summed E-state index contributed by atoms with van der Waals surface area (Å²) in [4.78, 5) is 16.2. The summed E-state index contributed by atoms with van der Waals surface area (Å²) < 4.78 is 32.2. The number of sulfonamides is 1. The highest BCUT2D eigenvalue weighted by Crippen LogP contribution is 2.18. The zero-order valence-corrected chi connectivity index (χ0v) is 15.2. The van der Waals surface area contributed by atoms with E-state index in [9.17, 15) is 13.2 Å². The second-order valence-electron chi connectivity index (χ2n) is 5.53. The maximum absolute atomic E-state index is 12.4. The van der Waals surface area contributed by atoms with Gasteiger partial charge in [0.05, 0.1) is 12.0 Å². The molecule has 2 N–H and O–H groups in total. The van der Waals surface area contributed by atoms with E-state index in [1.54, 1.807) is 49.6 Å². The molecular weight excluding hydrogens is 366 g/mol. The molecule has 0 unspecified atom stereocenters. The molecule has 27 heavy (non-hydrogen) atoms. The van der Waals surface area contributed by atoms with Gasteiger partial charge in [-0.2, -0.15) is 0 Å². The molecule has 2 aromatic carbocycles. The van der Waals surface area contributed by atoms with Gasteiger partial charge in [0.2, 0.25) is 0 Å². The number of nitrogens with one attached hydrogen (secondary N) is 2. The largest absolute Gasteiger partial charge is 0.497 e. The van der Waals surface area contributed by atoms with E-state index >= 15 is 0 Å². The van der Waals surface area contributed by atoms with Crippen molar-refractivity contribution in [2.75, 3.05) is 17.1 Å². The monoisotopic (exact) mass is 383 g/mol. The summed E-state index contributed by atoms with van der Waals surface area (Å²) >= 11 is 0. The Morgan fingerprint density at radius 3 is 2.26 bits per heavy atom. The van der Waals surface area contributed by atoms with Gasteiger partial charge in [0.25, 0.3) is 15.9 Å². The van der Waals surface area contributed by atoms with Gasteiger partial charge in [-0.05, 0) is 60.7 Å². The van der Waals surface area contributed by atoms with Crippen LogP contribution in [0.1, 0.15) is 10.4 Å². The van der Waals surface area contributed by atoms with Crippen molar-refractivity contribution < 1.29 is 17.9 Å². The molecule has 0 spiro atoms. The number of nitrogens with zero attached hydrogens (tertiary/aromatic N) is 1. The molecule has 1 amide bonds. The molecule has 0 saturated heterocycles. The van der Waals surface area contributed by atoms with Crippen LogP contribution >= 0.6 is 0 Å². The van der Waals surface area contributed by atoms with Gasteiger partial charge in [0, 0.05) is 17.4 Å². The first-order chi connectivity index (χ1) is 13.0. The number of hydrogen-bond donors (Lipinski definition) is 2. The first-order valence-corrected chi connectivity index (χ1v) is 9.45. The van der Waals surface area contributed by atoms with E-state index in [0.29, 0.717) is 17.0 Å². The van der Waals surface area contributed by atoms with E-state index in [1.807, 2.05) is 0 Å². The summed E-state index contributed by atoms with van der Waals surface area (Å²) in [6, 6.07) is 17.5. The highest BCUT2D eigenvalue weighted by Gasteiger charge is 2.15. The van der Waals surface area contributed by atoms with Crippen LogP contribution in [0.5, 0.6) is 5.75 Å². The Bertz CT molecular complexity index is 1020. The molecule has 7 nitrogen and oxygen atoms in total. The average Bonchev–Trinajstić information content (AvgIpc) is 2.69. The molecule has 0 radical (unpaired) electrons. The zero-order chi connectivity index (χ0) is 19.3. The van der Waals surface area contributed by atoms with E-state index < -0.39 is 10.0 Å². The molecule has 8 heteroatoms. The van der Waals surface area contributed by atoms with E-state index in [2.05, 4.69) is 15.0 Å². The summed E-state index contributed by atoms with van der Waals surface area (Å²) in [5.74, 6) is 0.579. The lowest BCUT2D eigenvalue weighted by atomic mass is 10.2. The van der Waals surface area contributed by atoms with Gasteiger partial charge >= 0.3 is 0 Å². The maximum atomic E-state index is 12.4. The Kier molecular flexibility index (Phi) is 5.37. The molecule has 138 valence electrons. The van der Waals surface area contributed by atoms with Crippen LogP contribution in [0.4, 0.5) is 11.5 Å². The Labute approximate surface area is 157 Å². The number of benzene rings is 2. The summed E-state index contributed by atoms with van der Waals surface area (Å²) in [7, 11) is -2.21. The SMILES string of the molecule is COc1ccc(C(=O)Nc2ccc(S(=O)(=O)Nc3ccccn3)cc2)cc1. The first kappa shape index (κ1) is 18.4. The van der Waals surface area contributed by atoms with Crippen LogP contribution in [0.2, 0.25) is 0 Å². The number of pyridine rings is 1. The summed E-state index contributed by atoms with van der Waals surface area (Å²) in [6.07, 6.45) is 1.50. The summed E-state index contributed by atoms with van der Waals surface area (Å²) in [5, 5.41) is 2.72. The number of methoxy groups -OCH3 is 1. The minimum absolute atomic E-state index is 0.0654. The quantitative estimate of drug-likeness (QED) is 0.681. The van der Waals surface area contributed by atoms with Crippen LogP contribution in [-0.4, -0.2) is 26.4 Å². The molecule has 3 aromatic rings. The molecule has 1 heterocycles. The molecule has 1 aromatic heterocycles. The second kappa shape index (κ2) is 7.88. The first-order valence-electron chi connectivity index (χ1n) is 7.97. The van der Waals surface area contributed by atoms with Crippen LogP contribution in [0, 0.1) is 0 Å². The predicted octanol–water partition coefficient (Wildman–Crippen LogP) is 3.14. The molecule has 0 atom stereocenters. The third-order valence-electron chi connectivity index (χ3n) is 3.68. The van der Waals surface area contributed by atoms with E-state index in [1.165, 1.54) is 30.5 Å². The van der Waals surface area contributed by atoms with Crippen molar-refractivity contribution in [3.63, 3.8) is 0 Å². The van der Waals surface area contributed by atoms with Crippen LogP contribution in [0.3, 0.4) is 0 Å². The molecule has 0 aliphatic heterocycles. The van der Waals surface area contributed by atoms with Gasteiger partial charge in [0.15, 0.2) is 0 Å². The Morgan fingerprint density at radius 2 is 1.67 bits per heavy atom. The lowest BCUT2D eigenvalue weighted by molar-refractivity contribution is 0.102. The molecule has 0 bridgehead atoms. The third-order valence-corrected chi connectivity index (χ3v) is 5.05. The minimum Gasteiger partial charge on any atom is -0.497 e. The lowest BCUT2D eigenvalue weighted by Gasteiger charge is -2.09. The minimum atomic E-state index is -3.76. The Hall–Kier alpha value is -3.39. The maximum Gasteiger partial charge on any atom is 0.263 e. The Balaban J connectivity index is 1.70. The van der Waals surface area contributed by atoms with Crippen LogP contribution in [0.15, 0.2) is 77.8 Å². The van der Waals surface area contributed by atoms with E-state index in [4.69, 9.17) is 4.74 Å². The fraction of sp³-hybridized carbons (Fsp3) is 0.0526. The number of amides is 1. The third kappa shape index (κ3) is 4.62. The van der Waals surface area contributed by atoms with Gasteiger partial charge < -0.3 is 10.1 Å². The number of aromatic nitrogens is 1. The number of ether oxygens (including phenoxy) is 1. The summed E-state index contributed by atoms with van der Waals surface area (Å²) in [5.41, 5.74) is 0.942. The number of hydrogen-bond acceptors (Lipinski definition) is 5. The van der Waals surface area contributed by atoms with E-state index in [0.717, 1.165) is 0 Å². The van der Waals surface area contributed by atoms with Gasteiger partial charge in [-0.1, -0.05) is 6.07 Å². The highest BCUT2D eigenvalue weighted by atomic mass is 32.2. The van der Waals surface area contributed by atoms with Crippen LogP contribution in [0.25, 0.3) is 0 Å². The van der Waals surface area contributed by atoms with Crippen molar-refractivity contribution >= 4 is 27.4 Å². The van der Waals surface area contributed by atoms with Crippen LogP contribution < -0.4 is 14.8 Å². The zero-order valence-electron chi connectivity index (χ0n) is 14.4. The van der Waals surface area contributed by atoms with Crippen molar-refractivity contribution in [3.8, 4) is 5.75 Å².